The smallest absolute Gasteiger partial charge is 0.407 e. The first-order valence-electron chi connectivity index (χ1n) is 10.1. The lowest BCUT2D eigenvalue weighted by Crippen LogP contribution is -2.41. The largest absolute Gasteiger partial charge is 0.480 e. The van der Waals surface area contributed by atoms with Gasteiger partial charge in [0.05, 0.1) is 0 Å². The Hall–Kier alpha value is -3.67. The van der Waals surface area contributed by atoms with Crippen LogP contribution in [0.25, 0.3) is 11.1 Å². The Labute approximate surface area is 179 Å². The highest BCUT2D eigenvalue weighted by atomic mass is 19.1. The molecule has 158 valence electrons. The van der Waals surface area contributed by atoms with Gasteiger partial charge in [-0.05, 0) is 46.7 Å². The number of carboxylic acids is 1. The molecule has 0 spiro atoms. The van der Waals surface area contributed by atoms with Gasteiger partial charge in [0.1, 0.15) is 18.5 Å². The van der Waals surface area contributed by atoms with Gasteiger partial charge in [-0.3, -0.25) is 0 Å². The zero-order valence-electron chi connectivity index (χ0n) is 16.8. The van der Waals surface area contributed by atoms with Crippen LogP contribution >= 0.6 is 0 Å². The maximum Gasteiger partial charge on any atom is 0.407 e. The molecule has 3 aromatic rings. The highest BCUT2D eigenvalue weighted by Gasteiger charge is 2.29. The summed E-state index contributed by atoms with van der Waals surface area (Å²) in [5, 5.41) is 11.8. The van der Waals surface area contributed by atoms with Crippen molar-refractivity contribution in [1.82, 2.24) is 5.32 Å². The molecule has 1 unspecified atom stereocenters. The minimum absolute atomic E-state index is 0.0560. The summed E-state index contributed by atoms with van der Waals surface area (Å²) in [5.74, 6) is -1.70. The fourth-order valence-electron chi connectivity index (χ4n) is 4.04. The summed E-state index contributed by atoms with van der Waals surface area (Å²) < 4.78 is 19.2. The number of aliphatic carboxylic acids is 1. The van der Waals surface area contributed by atoms with E-state index in [0.717, 1.165) is 22.3 Å². The number of carboxylic acid groups (broad SMARTS) is 1. The number of carbonyl (C=O) groups is 2. The maximum atomic E-state index is 13.8. The van der Waals surface area contributed by atoms with Crippen LogP contribution < -0.4 is 5.32 Å². The van der Waals surface area contributed by atoms with E-state index in [2.05, 4.69) is 5.32 Å². The number of fused-ring (bicyclic) bond motifs is 3. The molecular formula is C25H22FNO4. The number of halogens is 1. The number of benzene rings is 3. The molecule has 31 heavy (non-hydrogen) atoms. The van der Waals surface area contributed by atoms with Crippen LogP contribution in [0.5, 0.6) is 0 Å². The molecule has 4 rings (SSSR count). The number of amides is 1. The van der Waals surface area contributed by atoms with Crippen molar-refractivity contribution < 1.29 is 23.8 Å². The van der Waals surface area contributed by atoms with Gasteiger partial charge in [-0.1, -0.05) is 66.7 Å². The molecule has 0 heterocycles. The molecule has 0 saturated carbocycles. The molecule has 0 aliphatic heterocycles. The molecule has 0 aromatic heterocycles. The first-order chi connectivity index (χ1) is 15.0. The number of hydrogen-bond acceptors (Lipinski definition) is 3. The van der Waals surface area contributed by atoms with Gasteiger partial charge in [0.2, 0.25) is 0 Å². The first kappa shape index (κ1) is 20.6. The van der Waals surface area contributed by atoms with E-state index < -0.39 is 23.9 Å². The third-order valence-corrected chi connectivity index (χ3v) is 5.59. The first-order valence-corrected chi connectivity index (χ1v) is 10.1. The standard InChI is InChI=1S/C25H22FNO4/c26-22-12-6-1-7-16(22)13-14-23(24(28)29)27-25(30)31-15-21-19-10-4-2-8-17(19)18-9-3-5-11-20(18)21/h1-12,21,23H,13-15H2,(H,27,30)(H,28,29). The normalized spacial score (nSPS) is 13.2. The maximum absolute atomic E-state index is 13.8. The zero-order chi connectivity index (χ0) is 21.8. The summed E-state index contributed by atoms with van der Waals surface area (Å²) in [6, 6.07) is 20.9. The monoisotopic (exact) mass is 419 g/mol. The molecule has 1 aliphatic carbocycles. The molecular weight excluding hydrogens is 397 g/mol. The Balaban J connectivity index is 1.39. The van der Waals surface area contributed by atoms with Crippen LogP contribution in [0.2, 0.25) is 0 Å². The number of nitrogens with one attached hydrogen (secondary N) is 1. The molecule has 0 fully saturated rings. The van der Waals surface area contributed by atoms with Crippen molar-refractivity contribution in [2.24, 2.45) is 0 Å². The Morgan fingerprint density at radius 3 is 2.13 bits per heavy atom. The lowest BCUT2D eigenvalue weighted by atomic mass is 9.98. The second kappa shape index (κ2) is 9.00. The van der Waals surface area contributed by atoms with Crippen LogP contribution in [0.1, 0.15) is 29.0 Å². The van der Waals surface area contributed by atoms with E-state index in [0.29, 0.717) is 5.56 Å². The van der Waals surface area contributed by atoms with Gasteiger partial charge in [0.25, 0.3) is 0 Å². The van der Waals surface area contributed by atoms with E-state index in [-0.39, 0.29) is 25.4 Å². The topological polar surface area (TPSA) is 75.6 Å². The van der Waals surface area contributed by atoms with Crippen LogP contribution in [0.3, 0.4) is 0 Å². The summed E-state index contributed by atoms with van der Waals surface area (Å²) in [6.07, 6.45) is -0.559. The second-order valence-corrected chi connectivity index (χ2v) is 7.49. The number of rotatable bonds is 7. The molecule has 2 N–H and O–H groups in total. The number of alkyl carbamates (subject to hydrolysis) is 1. The Kier molecular flexibility index (Phi) is 5.98. The Morgan fingerprint density at radius 1 is 0.935 bits per heavy atom. The quantitative estimate of drug-likeness (QED) is 0.580. The molecule has 3 aromatic carbocycles. The van der Waals surface area contributed by atoms with Crippen molar-refractivity contribution >= 4 is 12.1 Å². The lowest BCUT2D eigenvalue weighted by Gasteiger charge is -2.17. The number of carbonyl (C=O) groups excluding carboxylic acids is 1. The predicted molar refractivity (Wildman–Crippen MR) is 114 cm³/mol. The van der Waals surface area contributed by atoms with Gasteiger partial charge in [-0.25, -0.2) is 14.0 Å². The molecule has 0 radical (unpaired) electrons. The summed E-state index contributed by atoms with van der Waals surface area (Å²) in [6.45, 7) is 0.0967. The number of ether oxygens (including phenoxy) is 1. The minimum atomic E-state index is -1.19. The fraction of sp³-hybridized carbons (Fsp3) is 0.200. The molecule has 6 heteroatoms. The molecule has 1 aliphatic rings. The van der Waals surface area contributed by atoms with Crippen molar-refractivity contribution in [3.05, 3.63) is 95.3 Å². The third-order valence-electron chi connectivity index (χ3n) is 5.59. The third kappa shape index (κ3) is 4.43. The highest BCUT2D eigenvalue weighted by molar-refractivity contribution is 5.81. The molecule has 1 atom stereocenters. The van der Waals surface area contributed by atoms with Crippen LogP contribution in [-0.2, 0) is 16.0 Å². The van der Waals surface area contributed by atoms with Crippen molar-refractivity contribution in [3.63, 3.8) is 0 Å². The van der Waals surface area contributed by atoms with E-state index in [1.54, 1.807) is 18.2 Å². The predicted octanol–water partition coefficient (Wildman–Crippen LogP) is 4.75. The van der Waals surface area contributed by atoms with E-state index in [1.165, 1.54) is 6.07 Å². The average Bonchev–Trinajstić information content (AvgIpc) is 3.10. The van der Waals surface area contributed by atoms with E-state index in [4.69, 9.17) is 4.74 Å². The summed E-state index contributed by atoms with van der Waals surface area (Å²) in [7, 11) is 0. The van der Waals surface area contributed by atoms with Crippen molar-refractivity contribution in [3.8, 4) is 11.1 Å². The average molecular weight is 419 g/mol. The Bertz CT molecular complexity index is 1070. The minimum Gasteiger partial charge on any atom is -0.480 e. The SMILES string of the molecule is O=C(NC(CCc1ccccc1F)C(=O)O)OCC1c2ccccc2-c2ccccc21. The highest BCUT2D eigenvalue weighted by Crippen LogP contribution is 2.44. The van der Waals surface area contributed by atoms with Gasteiger partial charge >= 0.3 is 12.1 Å². The van der Waals surface area contributed by atoms with Crippen molar-refractivity contribution in [2.75, 3.05) is 6.61 Å². The van der Waals surface area contributed by atoms with Gasteiger partial charge in [0, 0.05) is 5.92 Å². The van der Waals surface area contributed by atoms with Gasteiger partial charge < -0.3 is 15.2 Å². The summed E-state index contributed by atoms with van der Waals surface area (Å²) in [5.41, 5.74) is 4.78. The van der Waals surface area contributed by atoms with E-state index in [9.17, 15) is 19.1 Å². The number of hydrogen-bond donors (Lipinski definition) is 2. The van der Waals surface area contributed by atoms with Crippen LogP contribution in [-0.4, -0.2) is 29.8 Å². The lowest BCUT2D eigenvalue weighted by molar-refractivity contribution is -0.139. The van der Waals surface area contributed by atoms with Crippen LogP contribution in [0.15, 0.2) is 72.8 Å². The van der Waals surface area contributed by atoms with Gasteiger partial charge in [-0.2, -0.15) is 0 Å². The fourth-order valence-corrected chi connectivity index (χ4v) is 4.04. The molecule has 0 bridgehead atoms. The van der Waals surface area contributed by atoms with E-state index >= 15 is 0 Å². The van der Waals surface area contributed by atoms with Crippen molar-refractivity contribution in [2.45, 2.75) is 24.8 Å². The van der Waals surface area contributed by atoms with Gasteiger partial charge in [-0.15, -0.1) is 0 Å². The Morgan fingerprint density at radius 2 is 1.52 bits per heavy atom. The van der Waals surface area contributed by atoms with Crippen LogP contribution in [0.4, 0.5) is 9.18 Å². The molecule has 5 nitrogen and oxygen atoms in total. The summed E-state index contributed by atoms with van der Waals surface area (Å²) >= 11 is 0. The van der Waals surface area contributed by atoms with E-state index in [1.807, 2.05) is 48.5 Å². The molecule has 1 amide bonds. The summed E-state index contributed by atoms with van der Waals surface area (Å²) in [4.78, 5) is 23.9. The number of aryl methyl sites for hydroxylation is 1. The second-order valence-electron chi connectivity index (χ2n) is 7.49. The van der Waals surface area contributed by atoms with Gasteiger partial charge in [0.15, 0.2) is 0 Å². The van der Waals surface area contributed by atoms with Crippen molar-refractivity contribution in [1.29, 1.82) is 0 Å². The molecule has 0 saturated heterocycles. The zero-order valence-corrected chi connectivity index (χ0v) is 16.8. The van der Waals surface area contributed by atoms with Crippen LogP contribution in [0, 0.1) is 5.82 Å².